The number of aliphatic hydroxyl groups excluding tert-OH is 1. The fourth-order valence-electron chi connectivity index (χ4n) is 5.35. The molecule has 43 heavy (non-hydrogen) atoms. The summed E-state index contributed by atoms with van der Waals surface area (Å²) in [7, 11) is 0. The molecule has 2 aliphatic rings. The highest BCUT2D eigenvalue weighted by atomic mass is 19.1. The van der Waals surface area contributed by atoms with E-state index >= 15 is 0 Å². The van der Waals surface area contributed by atoms with Gasteiger partial charge in [0.2, 0.25) is 11.7 Å². The zero-order valence-corrected chi connectivity index (χ0v) is 25.8. The van der Waals surface area contributed by atoms with Crippen LogP contribution in [0.15, 0.2) is 60.2 Å². The van der Waals surface area contributed by atoms with Gasteiger partial charge in [0.1, 0.15) is 24.6 Å². The Morgan fingerprint density at radius 3 is 2.28 bits per heavy atom. The first-order chi connectivity index (χ1) is 20.5. The number of alkyl carbamates (subject to hydrolysis) is 1. The lowest BCUT2D eigenvalue weighted by molar-refractivity contribution is -0.230. The van der Waals surface area contributed by atoms with Gasteiger partial charge in [-0.05, 0) is 35.6 Å². The van der Waals surface area contributed by atoms with E-state index in [2.05, 4.69) is 10.6 Å². The zero-order chi connectivity index (χ0) is 31.2. The second-order valence-electron chi connectivity index (χ2n) is 12.4. The predicted molar refractivity (Wildman–Crippen MR) is 162 cm³/mol. The molecule has 0 aromatic heterocycles. The van der Waals surface area contributed by atoms with Crippen molar-refractivity contribution in [2.24, 2.45) is 11.3 Å². The van der Waals surface area contributed by atoms with E-state index in [0.717, 1.165) is 18.4 Å². The van der Waals surface area contributed by atoms with Crippen LogP contribution in [-0.2, 0) is 25.6 Å². The summed E-state index contributed by atoms with van der Waals surface area (Å²) >= 11 is 0. The molecule has 234 valence electrons. The Hall–Kier alpha value is -3.27. The molecule has 1 saturated heterocycles. The summed E-state index contributed by atoms with van der Waals surface area (Å²) in [6.45, 7) is 10.8. The van der Waals surface area contributed by atoms with Crippen LogP contribution in [0, 0.1) is 17.2 Å². The molecule has 1 fully saturated rings. The lowest BCUT2D eigenvalue weighted by Gasteiger charge is -2.38. The van der Waals surface area contributed by atoms with Crippen LogP contribution in [0.3, 0.4) is 0 Å². The number of unbranched alkanes of at least 4 members (excludes halogenated alkanes) is 1. The molecular formula is C34H45FN2O6. The first kappa shape index (κ1) is 32.6. The van der Waals surface area contributed by atoms with Crippen LogP contribution in [0.1, 0.15) is 71.4 Å². The highest BCUT2D eigenvalue weighted by Gasteiger charge is 2.63. The Balaban J connectivity index is 1.53. The van der Waals surface area contributed by atoms with Crippen LogP contribution >= 0.6 is 0 Å². The van der Waals surface area contributed by atoms with E-state index < -0.39 is 36.0 Å². The number of ether oxygens (including phenoxy) is 3. The summed E-state index contributed by atoms with van der Waals surface area (Å²) < 4.78 is 31.7. The average Bonchev–Trinajstić information content (AvgIpc) is 3.66. The van der Waals surface area contributed by atoms with Gasteiger partial charge in [0, 0.05) is 16.6 Å². The first-order valence-corrected chi connectivity index (χ1v) is 15.3. The molecule has 2 amide bonds. The van der Waals surface area contributed by atoms with Crippen molar-refractivity contribution in [3.05, 3.63) is 77.1 Å². The summed E-state index contributed by atoms with van der Waals surface area (Å²) in [5.41, 5.74) is 2.51. The number of halogens is 1. The lowest BCUT2D eigenvalue weighted by Crippen LogP contribution is -2.55. The van der Waals surface area contributed by atoms with Crippen molar-refractivity contribution >= 4 is 17.6 Å². The van der Waals surface area contributed by atoms with Crippen LogP contribution in [0.5, 0.6) is 0 Å². The highest BCUT2D eigenvalue weighted by molar-refractivity contribution is 5.93. The molecule has 9 heteroatoms. The van der Waals surface area contributed by atoms with Gasteiger partial charge in [-0.25, -0.2) is 9.18 Å². The molecule has 1 aliphatic heterocycles. The molecule has 1 spiro atoms. The molecule has 1 aliphatic carbocycles. The number of nitrogens with one attached hydrogen (secondary N) is 2. The van der Waals surface area contributed by atoms with Crippen molar-refractivity contribution in [1.29, 1.82) is 0 Å². The molecule has 0 saturated carbocycles. The fourth-order valence-corrected chi connectivity index (χ4v) is 5.35. The van der Waals surface area contributed by atoms with Crippen molar-refractivity contribution in [2.75, 3.05) is 13.2 Å². The Morgan fingerprint density at radius 2 is 1.67 bits per heavy atom. The maximum atomic E-state index is 13.8. The Morgan fingerprint density at radius 1 is 1.02 bits per heavy atom. The average molecular weight is 597 g/mol. The van der Waals surface area contributed by atoms with Crippen molar-refractivity contribution in [2.45, 2.75) is 90.9 Å². The van der Waals surface area contributed by atoms with Crippen LogP contribution in [-0.4, -0.2) is 54.3 Å². The summed E-state index contributed by atoms with van der Waals surface area (Å²) in [6, 6.07) is 13.8. The maximum Gasteiger partial charge on any atom is 0.408 e. The molecule has 2 aromatic carbocycles. The topological polar surface area (TPSA) is 106 Å². The molecule has 2 unspecified atom stereocenters. The minimum absolute atomic E-state index is 0.0819. The molecule has 4 atom stereocenters. The van der Waals surface area contributed by atoms with Gasteiger partial charge in [-0.15, -0.1) is 0 Å². The molecule has 4 rings (SSSR count). The van der Waals surface area contributed by atoms with Gasteiger partial charge in [-0.3, -0.25) is 4.79 Å². The molecule has 1 heterocycles. The predicted octanol–water partition coefficient (Wildman–Crippen LogP) is 5.74. The van der Waals surface area contributed by atoms with Gasteiger partial charge in [0.15, 0.2) is 0 Å². The second-order valence-corrected chi connectivity index (χ2v) is 12.4. The van der Waals surface area contributed by atoms with Crippen molar-refractivity contribution in [3.8, 4) is 0 Å². The molecular weight excluding hydrogens is 551 g/mol. The van der Waals surface area contributed by atoms with E-state index in [1.54, 1.807) is 12.1 Å². The monoisotopic (exact) mass is 596 g/mol. The number of aliphatic hydroxyl groups is 1. The van der Waals surface area contributed by atoms with Gasteiger partial charge >= 0.3 is 6.09 Å². The summed E-state index contributed by atoms with van der Waals surface area (Å²) in [4.78, 5) is 26.4. The number of rotatable bonds is 13. The Labute approximate surface area is 254 Å². The van der Waals surface area contributed by atoms with Crippen molar-refractivity contribution in [3.63, 3.8) is 0 Å². The van der Waals surface area contributed by atoms with Crippen molar-refractivity contribution < 1.29 is 33.3 Å². The Bertz CT molecular complexity index is 1270. The lowest BCUT2D eigenvalue weighted by atomic mass is 9.94. The zero-order valence-electron chi connectivity index (χ0n) is 25.8. The van der Waals surface area contributed by atoms with E-state index in [1.165, 1.54) is 12.1 Å². The third kappa shape index (κ3) is 7.82. The minimum Gasteiger partial charge on any atom is -0.445 e. The standard InChI is InChI=1S/C34H45FN2O6/c1-6-8-14-26(36-31(39)29(22(3)7-2)37-32(40)41-19-23-12-10-9-11-13-23)30(38)28-27(24-15-17-25(35)18-16-24)34(28)42-20-33(4,5)21-43-34/h9-13,15-18,22,26,29-30,38H,6-8,14,19-21H2,1-5H3,(H,36,39)(H,37,40)/t22?,26-,29-,30?/m0/s1. The van der Waals surface area contributed by atoms with Gasteiger partial charge in [0.25, 0.3) is 0 Å². The molecule has 3 N–H and O–H groups in total. The number of hydrogen-bond donors (Lipinski definition) is 3. The summed E-state index contributed by atoms with van der Waals surface area (Å²) in [6.07, 6.45) is 0.928. The molecule has 8 nitrogen and oxygen atoms in total. The quantitative estimate of drug-likeness (QED) is 0.272. The van der Waals surface area contributed by atoms with E-state index in [4.69, 9.17) is 14.2 Å². The SMILES string of the molecule is CCCC[C@H](NC(=O)[C@@H](NC(=O)OCc1ccccc1)C(C)CC)C(O)C1=C(c2ccc(F)cc2)C12OCC(C)(C)CO2. The number of amides is 2. The number of benzene rings is 2. The highest BCUT2D eigenvalue weighted by Crippen LogP contribution is 2.59. The molecule has 2 aromatic rings. The largest absolute Gasteiger partial charge is 0.445 e. The van der Waals surface area contributed by atoms with Crippen LogP contribution in [0.25, 0.3) is 5.57 Å². The summed E-state index contributed by atoms with van der Waals surface area (Å²) in [5, 5.41) is 17.6. The third-order valence-electron chi connectivity index (χ3n) is 8.21. The van der Waals surface area contributed by atoms with Gasteiger partial charge < -0.3 is 30.0 Å². The first-order valence-electron chi connectivity index (χ1n) is 15.3. The van der Waals surface area contributed by atoms with E-state index in [9.17, 15) is 19.1 Å². The summed E-state index contributed by atoms with van der Waals surface area (Å²) in [5.74, 6) is -2.19. The van der Waals surface area contributed by atoms with Gasteiger partial charge in [-0.2, -0.15) is 0 Å². The Kier molecular flexibility index (Phi) is 10.6. The maximum absolute atomic E-state index is 13.8. The smallest absolute Gasteiger partial charge is 0.408 e. The second kappa shape index (κ2) is 14.0. The number of carbonyl (C=O) groups is 2. The van der Waals surface area contributed by atoms with Crippen LogP contribution in [0.4, 0.5) is 9.18 Å². The normalized spacial score (nSPS) is 19.7. The minimum atomic E-state index is -1.22. The number of carbonyl (C=O) groups excluding carboxylic acids is 2. The van der Waals surface area contributed by atoms with Gasteiger partial charge in [0.05, 0.1) is 19.3 Å². The van der Waals surface area contributed by atoms with E-state index in [1.807, 2.05) is 65.0 Å². The third-order valence-corrected chi connectivity index (χ3v) is 8.21. The van der Waals surface area contributed by atoms with E-state index in [0.29, 0.717) is 42.8 Å². The van der Waals surface area contributed by atoms with Gasteiger partial charge in [-0.1, -0.05) is 96.3 Å². The van der Waals surface area contributed by atoms with Crippen LogP contribution < -0.4 is 10.6 Å². The molecule has 0 radical (unpaired) electrons. The fraction of sp³-hybridized carbons (Fsp3) is 0.529. The van der Waals surface area contributed by atoms with Crippen molar-refractivity contribution in [1.82, 2.24) is 10.6 Å². The molecule has 0 bridgehead atoms. The number of hydrogen-bond acceptors (Lipinski definition) is 6. The van der Waals surface area contributed by atoms with E-state index in [-0.39, 0.29) is 23.8 Å². The van der Waals surface area contributed by atoms with Crippen LogP contribution in [0.2, 0.25) is 0 Å².